The van der Waals surface area contributed by atoms with Crippen molar-refractivity contribution >= 4 is 17.2 Å². The molecule has 7 heteroatoms. The van der Waals surface area contributed by atoms with Crippen LogP contribution in [0.15, 0.2) is 36.0 Å². The van der Waals surface area contributed by atoms with Crippen LogP contribution in [0.25, 0.3) is 11.3 Å². The van der Waals surface area contributed by atoms with Gasteiger partial charge in [0.25, 0.3) is 5.91 Å². The molecule has 5 rings (SSSR count). The van der Waals surface area contributed by atoms with E-state index in [1.165, 1.54) is 29.0 Å². The molecule has 0 N–H and O–H groups in total. The Bertz CT molecular complexity index is 1030. The van der Waals surface area contributed by atoms with E-state index in [4.69, 9.17) is 0 Å². The van der Waals surface area contributed by atoms with Crippen molar-refractivity contribution < 1.29 is 4.79 Å². The van der Waals surface area contributed by atoms with Crippen molar-refractivity contribution in [1.29, 1.82) is 0 Å². The van der Waals surface area contributed by atoms with Crippen molar-refractivity contribution in [1.82, 2.24) is 24.6 Å². The van der Waals surface area contributed by atoms with E-state index in [0.717, 1.165) is 62.4 Å². The summed E-state index contributed by atoms with van der Waals surface area (Å²) in [6.45, 7) is 4.21. The lowest BCUT2D eigenvalue weighted by atomic mass is 9.95. The molecule has 1 amide bonds. The van der Waals surface area contributed by atoms with Crippen LogP contribution < -0.4 is 0 Å². The van der Waals surface area contributed by atoms with Gasteiger partial charge in [0.05, 0.1) is 17.0 Å². The van der Waals surface area contributed by atoms with Gasteiger partial charge in [-0.05, 0) is 49.4 Å². The minimum atomic E-state index is 0.230. The van der Waals surface area contributed by atoms with Crippen LogP contribution in [0.1, 0.15) is 39.3 Å². The van der Waals surface area contributed by atoms with Crippen molar-refractivity contribution in [3.63, 3.8) is 0 Å². The number of carbonyl (C=O) groups is 1. The number of pyridine rings is 1. The van der Waals surface area contributed by atoms with Gasteiger partial charge in [-0.25, -0.2) is 0 Å². The van der Waals surface area contributed by atoms with Gasteiger partial charge in [-0.2, -0.15) is 5.10 Å². The highest BCUT2D eigenvalue weighted by Crippen LogP contribution is 2.31. The molecule has 0 spiro atoms. The van der Waals surface area contributed by atoms with Crippen LogP contribution in [0.4, 0.5) is 0 Å². The van der Waals surface area contributed by atoms with Crippen molar-refractivity contribution in [2.75, 3.05) is 26.2 Å². The van der Waals surface area contributed by atoms with E-state index in [0.29, 0.717) is 0 Å². The highest BCUT2D eigenvalue weighted by molar-refractivity contribution is 7.10. The zero-order valence-corrected chi connectivity index (χ0v) is 18.2. The third-order valence-corrected chi connectivity index (χ3v) is 7.36. The maximum absolute atomic E-state index is 13.1. The van der Waals surface area contributed by atoms with Crippen LogP contribution in [-0.2, 0) is 26.4 Å². The number of piperazine rings is 1. The molecular weight excluding hydrogens is 394 g/mol. The summed E-state index contributed by atoms with van der Waals surface area (Å²) in [4.78, 5) is 23.2. The third-order valence-electron chi connectivity index (χ3n) is 6.27. The Morgan fingerprint density at radius 3 is 2.80 bits per heavy atom. The molecule has 3 aromatic rings. The Hall–Kier alpha value is -2.51. The Morgan fingerprint density at radius 1 is 1.17 bits per heavy atom. The largest absolute Gasteiger partial charge is 0.336 e. The third kappa shape index (κ3) is 3.79. The lowest BCUT2D eigenvalue weighted by molar-refractivity contribution is 0.0625. The van der Waals surface area contributed by atoms with Crippen molar-refractivity contribution in [3.05, 3.63) is 57.7 Å². The van der Waals surface area contributed by atoms with Crippen LogP contribution in [0, 0.1) is 0 Å². The molecule has 0 radical (unpaired) electrons. The molecule has 0 bridgehead atoms. The molecule has 30 heavy (non-hydrogen) atoms. The van der Waals surface area contributed by atoms with Crippen LogP contribution in [0.2, 0.25) is 0 Å². The normalized spacial score (nSPS) is 17.2. The molecule has 1 fully saturated rings. The zero-order chi connectivity index (χ0) is 20.5. The average molecular weight is 422 g/mol. The van der Waals surface area contributed by atoms with Crippen molar-refractivity contribution in [2.24, 2.45) is 7.05 Å². The Balaban J connectivity index is 1.21. The Morgan fingerprint density at radius 2 is 2.00 bits per heavy atom. The Kier molecular flexibility index (Phi) is 5.39. The second-order valence-corrected chi connectivity index (χ2v) is 9.18. The molecule has 0 saturated carbocycles. The molecule has 0 atom stereocenters. The first-order valence-corrected chi connectivity index (χ1v) is 11.6. The molecule has 1 aliphatic carbocycles. The second-order valence-electron chi connectivity index (χ2n) is 8.21. The molecule has 0 aromatic carbocycles. The van der Waals surface area contributed by atoms with Crippen LogP contribution in [0.3, 0.4) is 0 Å². The van der Waals surface area contributed by atoms with E-state index < -0.39 is 0 Å². The van der Waals surface area contributed by atoms with Crippen LogP contribution >= 0.6 is 11.3 Å². The van der Waals surface area contributed by atoms with E-state index in [1.807, 2.05) is 35.0 Å². The predicted octanol–water partition coefficient (Wildman–Crippen LogP) is 3.38. The van der Waals surface area contributed by atoms with Gasteiger partial charge in [-0.15, -0.1) is 11.3 Å². The molecule has 3 aromatic heterocycles. The summed E-state index contributed by atoms with van der Waals surface area (Å²) in [5, 5.41) is 6.75. The van der Waals surface area contributed by atoms with Gasteiger partial charge in [-0.1, -0.05) is 0 Å². The molecular formula is C23H27N5OS. The van der Waals surface area contributed by atoms with Gasteiger partial charge >= 0.3 is 0 Å². The number of nitrogens with zero attached hydrogens (tertiary/aromatic N) is 5. The van der Waals surface area contributed by atoms with Gasteiger partial charge in [0.1, 0.15) is 0 Å². The minimum Gasteiger partial charge on any atom is -0.336 e. The first kappa shape index (κ1) is 19.5. The zero-order valence-electron chi connectivity index (χ0n) is 17.4. The second kappa shape index (κ2) is 8.32. The number of aromatic nitrogens is 3. The van der Waals surface area contributed by atoms with E-state index >= 15 is 0 Å². The van der Waals surface area contributed by atoms with Gasteiger partial charge in [0, 0.05) is 68.0 Å². The predicted molar refractivity (Wildman–Crippen MR) is 119 cm³/mol. The number of carbonyl (C=O) groups excluding carboxylic acids is 1. The van der Waals surface area contributed by atoms with Crippen LogP contribution in [-0.4, -0.2) is 56.7 Å². The standard InChI is InChI=1S/C23H27N5OS/c1-26-18(13-21(25-26)17-5-4-8-24-14-17)15-27-9-11-28(12-10-27)23(29)20-16-30-22-7-3-2-6-19(20)22/h4-5,8,13-14,16H,2-3,6-7,9-12,15H2,1H3. The molecule has 2 aliphatic rings. The van der Waals surface area contributed by atoms with Crippen molar-refractivity contribution in [3.8, 4) is 11.3 Å². The molecule has 1 saturated heterocycles. The van der Waals surface area contributed by atoms with Gasteiger partial charge in [0.15, 0.2) is 0 Å². The van der Waals surface area contributed by atoms with Gasteiger partial charge in [0.2, 0.25) is 0 Å². The summed E-state index contributed by atoms with van der Waals surface area (Å²) in [5.41, 5.74) is 5.47. The quantitative estimate of drug-likeness (QED) is 0.648. The van der Waals surface area contributed by atoms with Crippen molar-refractivity contribution in [2.45, 2.75) is 32.2 Å². The fourth-order valence-corrected chi connectivity index (χ4v) is 5.61. The number of fused-ring (bicyclic) bond motifs is 1. The molecule has 6 nitrogen and oxygen atoms in total. The maximum Gasteiger partial charge on any atom is 0.255 e. The molecule has 1 aliphatic heterocycles. The summed E-state index contributed by atoms with van der Waals surface area (Å²) in [7, 11) is 1.99. The lowest BCUT2D eigenvalue weighted by Crippen LogP contribution is -2.48. The van der Waals surface area contributed by atoms with Gasteiger partial charge in [-0.3, -0.25) is 19.4 Å². The first-order chi connectivity index (χ1) is 14.7. The number of hydrogen-bond acceptors (Lipinski definition) is 5. The monoisotopic (exact) mass is 421 g/mol. The topological polar surface area (TPSA) is 54.3 Å². The highest BCUT2D eigenvalue weighted by Gasteiger charge is 2.27. The minimum absolute atomic E-state index is 0.230. The van der Waals surface area contributed by atoms with E-state index in [9.17, 15) is 4.79 Å². The maximum atomic E-state index is 13.1. The van der Waals surface area contributed by atoms with Crippen LogP contribution in [0.5, 0.6) is 0 Å². The number of thiophene rings is 1. The van der Waals surface area contributed by atoms with Gasteiger partial charge < -0.3 is 4.90 Å². The van der Waals surface area contributed by atoms with E-state index in [1.54, 1.807) is 17.5 Å². The molecule has 0 unspecified atom stereocenters. The molecule has 4 heterocycles. The summed E-state index contributed by atoms with van der Waals surface area (Å²) >= 11 is 1.78. The number of rotatable bonds is 4. The summed E-state index contributed by atoms with van der Waals surface area (Å²) in [6, 6.07) is 6.11. The summed E-state index contributed by atoms with van der Waals surface area (Å²) in [6.07, 6.45) is 8.31. The molecule has 156 valence electrons. The lowest BCUT2D eigenvalue weighted by Gasteiger charge is -2.34. The van der Waals surface area contributed by atoms with E-state index in [2.05, 4.69) is 26.4 Å². The fourth-order valence-electron chi connectivity index (χ4n) is 4.49. The summed E-state index contributed by atoms with van der Waals surface area (Å²) < 4.78 is 1.96. The number of amides is 1. The number of hydrogen-bond donors (Lipinski definition) is 0. The fraction of sp³-hybridized carbons (Fsp3) is 0.435. The highest BCUT2D eigenvalue weighted by atomic mass is 32.1. The first-order valence-electron chi connectivity index (χ1n) is 10.7. The Labute approximate surface area is 181 Å². The van der Waals surface area contributed by atoms with E-state index in [-0.39, 0.29) is 5.91 Å². The average Bonchev–Trinajstić information content (AvgIpc) is 3.38. The SMILES string of the molecule is Cn1nc(-c2cccnc2)cc1CN1CCN(C(=O)c2csc3c2CCCC3)CC1. The smallest absolute Gasteiger partial charge is 0.255 e. The number of aryl methyl sites for hydroxylation is 2. The summed E-state index contributed by atoms with van der Waals surface area (Å²) in [5.74, 6) is 0.230.